The molecule has 22 heavy (non-hydrogen) atoms. The lowest BCUT2D eigenvalue weighted by atomic mass is 9.89. The number of H-pyrrole nitrogens is 1. The van der Waals surface area contributed by atoms with Gasteiger partial charge in [0, 0.05) is 16.7 Å². The van der Waals surface area contributed by atoms with Crippen LogP contribution in [-0.4, -0.2) is 21.1 Å². The number of aromatic nitrogens is 2. The molecular weight excluding hydrogens is 291 g/mol. The number of Topliss-reactive ketones (excluding diaryl/α,β-unsaturated/α-hetero) is 1. The Morgan fingerprint density at radius 1 is 1.05 bits per heavy atom. The topological polar surface area (TPSA) is 89.0 Å². The Balaban J connectivity index is 2.03. The fourth-order valence-electron chi connectivity index (χ4n) is 2.27. The molecule has 0 spiro atoms. The van der Waals surface area contributed by atoms with Gasteiger partial charge >= 0.3 is 5.69 Å². The van der Waals surface area contributed by atoms with Gasteiger partial charge in [0.05, 0.1) is 12.7 Å². The highest BCUT2D eigenvalue weighted by Gasteiger charge is 2.25. The maximum atomic E-state index is 13.3. The van der Waals surface area contributed by atoms with Gasteiger partial charge in [0.1, 0.15) is 0 Å². The summed E-state index contributed by atoms with van der Waals surface area (Å²) in [6, 6.07) is 6.32. The number of nitrogens with one attached hydrogen (secondary N) is 1. The second-order valence-electron chi connectivity index (χ2n) is 4.77. The molecule has 0 bridgehead atoms. The van der Waals surface area contributed by atoms with Crippen LogP contribution in [0.5, 0.6) is 0 Å². The Morgan fingerprint density at radius 3 is 2.45 bits per heavy atom. The lowest BCUT2D eigenvalue weighted by Crippen LogP contribution is -2.33. The molecule has 0 unspecified atom stereocenters. The molecule has 0 saturated carbocycles. The zero-order chi connectivity index (χ0) is 15.9. The fourth-order valence-corrected chi connectivity index (χ4v) is 2.27. The van der Waals surface area contributed by atoms with Crippen molar-refractivity contribution in [1.29, 1.82) is 0 Å². The average molecular weight is 300 g/mol. The summed E-state index contributed by atoms with van der Waals surface area (Å²) < 4.78 is 14.1. The fraction of sp³-hybridized carbons (Fsp3) is 0.0667. The maximum absolute atomic E-state index is 13.3. The Bertz CT molecular complexity index is 953. The minimum absolute atomic E-state index is 0.0530. The molecule has 1 aliphatic rings. The first-order valence-electron chi connectivity index (χ1n) is 6.35. The third-order valence-electron chi connectivity index (χ3n) is 3.34. The first kappa shape index (κ1) is 13.9. The van der Waals surface area contributed by atoms with Crippen LogP contribution >= 0.6 is 0 Å². The number of hydrogen-bond donors (Lipinski definition) is 1. The summed E-state index contributed by atoms with van der Waals surface area (Å²) in [6.45, 7) is -0.300. The van der Waals surface area contributed by atoms with Crippen molar-refractivity contribution in [2.24, 2.45) is 0 Å². The second-order valence-corrected chi connectivity index (χ2v) is 4.77. The third kappa shape index (κ3) is 2.22. The zero-order valence-corrected chi connectivity index (χ0v) is 11.1. The van der Waals surface area contributed by atoms with Crippen molar-refractivity contribution in [1.82, 2.24) is 9.55 Å². The predicted octanol–water partition coefficient (Wildman–Crippen LogP) is 0.681. The summed E-state index contributed by atoms with van der Waals surface area (Å²) in [5.74, 6) is -1.91. The van der Waals surface area contributed by atoms with Crippen LogP contribution < -0.4 is 11.2 Å². The van der Waals surface area contributed by atoms with Crippen LogP contribution in [0.1, 0.15) is 20.7 Å². The van der Waals surface area contributed by atoms with Crippen molar-refractivity contribution in [2.45, 2.75) is 6.54 Å². The van der Waals surface area contributed by atoms with E-state index in [1.165, 1.54) is 12.1 Å². The maximum Gasteiger partial charge on any atom is 0.328 e. The lowest BCUT2D eigenvalue weighted by molar-refractivity contribution is 0.0980. The van der Waals surface area contributed by atoms with Gasteiger partial charge in [0.25, 0.3) is 5.56 Å². The van der Waals surface area contributed by atoms with Gasteiger partial charge in [-0.25, -0.2) is 4.79 Å². The van der Waals surface area contributed by atoms with Gasteiger partial charge in [-0.05, 0) is 6.08 Å². The molecule has 0 amide bonds. The molecule has 3 rings (SSSR count). The number of nitrogens with zero attached hydrogens (tertiary/aromatic N) is 1. The quantitative estimate of drug-likeness (QED) is 0.883. The van der Waals surface area contributed by atoms with E-state index in [2.05, 4.69) is 0 Å². The summed E-state index contributed by atoms with van der Waals surface area (Å²) in [7, 11) is 0. The molecule has 0 fully saturated rings. The number of hydrogen-bond acceptors (Lipinski definition) is 4. The average Bonchev–Trinajstić information content (AvgIpc) is 2.50. The van der Waals surface area contributed by atoms with Crippen LogP contribution in [-0.2, 0) is 6.54 Å². The monoisotopic (exact) mass is 300 g/mol. The summed E-state index contributed by atoms with van der Waals surface area (Å²) in [4.78, 5) is 48.7. The minimum Gasteiger partial charge on any atom is -0.293 e. The standard InChI is InChI=1S/C15H9FN2O4/c16-11-7-18(15(22)17-14(11)21)6-8-5-12(19)9-3-1-2-4-10(9)13(8)20/h1-5,7H,6H2,(H,17,21,22). The smallest absolute Gasteiger partial charge is 0.293 e. The van der Waals surface area contributed by atoms with Gasteiger partial charge in [-0.15, -0.1) is 0 Å². The van der Waals surface area contributed by atoms with E-state index in [0.717, 1.165) is 10.6 Å². The molecule has 0 radical (unpaired) electrons. The molecule has 0 atom stereocenters. The number of allylic oxidation sites excluding steroid dienone is 2. The molecule has 1 aliphatic carbocycles. The van der Waals surface area contributed by atoms with Crippen LogP contribution in [0.15, 0.2) is 51.7 Å². The highest BCUT2D eigenvalue weighted by Crippen LogP contribution is 2.21. The zero-order valence-electron chi connectivity index (χ0n) is 11.1. The van der Waals surface area contributed by atoms with Crippen molar-refractivity contribution >= 4 is 11.6 Å². The van der Waals surface area contributed by atoms with Gasteiger partial charge < -0.3 is 0 Å². The van der Waals surface area contributed by atoms with E-state index < -0.39 is 22.8 Å². The number of rotatable bonds is 2. The Labute approximate surface area is 122 Å². The number of carbonyl (C=O) groups excluding carboxylic acids is 2. The summed E-state index contributed by atoms with van der Waals surface area (Å²) in [5.41, 5.74) is -1.41. The molecule has 0 aliphatic heterocycles. The van der Waals surface area contributed by atoms with Gasteiger partial charge in [-0.1, -0.05) is 24.3 Å². The van der Waals surface area contributed by atoms with E-state index in [0.29, 0.717) is 6.20 Å². The number of carbonyl (C=O) groups is 2. The SMILES string of the molecule is O=C1C=C(Cn2cc(F)c(=O)[nH]c2=O)C(=O)c2ccccc21. The van der Waals surface area contributed by atoms with Gasteiger partial charge in [-0.2, -0.15) is 4.39 Å². The van der Waals surface area contributed by atoms with E-state index in [1.54, 1.807) is 17.1 Å². The van der Waals surface area contributed by atoms with E-state index in [-0.39, 0.29) is 29.0 Å². The first-order valence-corrected chi connectivity index (χ1v) is 6.35. The highest BCUT2D eigenvalue weighted by atomic mass is 19.1. The normalized spacial score (nSPS) is 13.8. The van der Waals surface area contributed by atoms with E-state index in [4.69, 9.17) is 0 Å². The van der Waals surface area contributed by atoms with Crippen molar-refractivity contribution in [3.63, 3.8) is 0 Å². The summed E-state index contributed by atoms with van der Waals surface area (Å²) >= 11 is 0. The molecule has 1 aromatic carbocycles. The van der Waals surface area contributed by atoms with Gasteiger partial charge in [0.2, 0.25) is 5.82 Å². The molecule has 1 heterocycles. The predicted molar refractivity (Wildman–Crippen MR) is 74.5 cm³/mol. The number of aromatic amines is 1. The van der Waals surface area contributed by atoms with Gasteiger partial charge in [-0.3, -0.25) is 23.9 Å². The van der Waals surface area contributed by atoms with Crippen molar-refractivity contribution < 1.29 is 14.0 Å². The number of benzene rings is 1. The number of ketones is 2. The lowest BCUT2D eigenvalue weighted by Gasteiger charge is -2.15. The van der Waals surface area contributed by atoms with Crippen LogP contribution in [0, 0.1) is 5.82 Å². The molecule has 110 valence electrons. The molecule has 1 aromatic heterocycles. The summed E-state index contributed by atoms with van der Waals surface area (Å²) in [6.07, 6.45) is 1.83. The molecule has 6 nitrogen and oxygen atoms in total. The second kappa shape index (κ2) is 5.03. The van der Waals surface area contributed by atoms with Crippen LogP contribution in [0.25, 0.3) is 0 Å². The highest BCUT2D eigenvalue weighted by molar-refractivity contribution is 6.24. The first-order chi connectivity index (χ1) is 10.5. The third-order valence-corrected chi connectivity index (χ3v) is 3.34. The van der Waals surface area contributed by atoms with Gasteiger partial charge in [0.15, 0.2) is 11.6 Å². The largest absolute Gasteiger partial charge is 0.328 e. The number of fused-ring (bicyclic) bond motifs is 1. The van der Waals surface area contributed by atoms with Crippen LogP contribution in [0.2, 0.25) is 0 Å². The molecule has 7 heteroatoms. The number of halogens is 1. The molecular formula is C15H9FN2O4. The molecule has 0 saturated heterocycles. The Morgan fingerprint density at radius 2 is 1.73 bits per heavy atom. The van der Waals surface area contributed by atoms with Crippen molar-refractivity contribution in [2.75, 3.05) is 0 Å². The molecule has 2 aromatic rings. The molecule has 1 N–H and O–H groups in total. The van der Waals surface area contributed by atoms with E-state index >= 15 is 0 Å². The van der Waals surface area contributed by atoms with Crippen molar-refractivity contribution in [3.8, 4) is 0 Å². The van der Waals surface area contributed by atoms with E-state index in [9.17, 15) is 23.6 Å². The van der Waals surface area contributed by atoms with Crippen LogP contribution in [0.3, 0.4) is 0 Å². The minimum atomic E-state index is -1.14. The Kier molecular flexibility index (Phi) is 3.17. The summed E-state index contributed by atoms with van der Waals surface area (Å²) in [5, 5.41) is 0. The van der Waals surface area contributed by atoms with Crippen LogP contribution in [0.4, 0.5) is 4.39 Å². The van der Waals surface area contributed by atoms with Crippen molar-refractivity contribution in [3.05, 3.63) is 79.9 Å². The Hall–Kier alpha value is -3.09. The van der Waals surface area contributed by atoms with E-state index in [1.807, 2.05) is 0 Å².